The van der Waals surface area contributed by atoms with Crippen molar-refractivity contribution in [2.45, 2.75) is 13.0 Å². The van der Waals surface area contributed by atoms with Gasteiger partial charge in [-0.1, -0.05) is 0 Å². The molecular formula is C5H6F2N2O. The van der Waals surface area contributed by atoms with E-state index in [2.05, 4.69) is 9.40 Å². The fourth-order valence-electron chi connectivity index (χ4n) is 0.519. The Morgan fingerprint density at radius 3 is 2.70 bits per heavy atom. The molecule has 0 saturated heterocycles. The van der Waals surface area contributed by atoms with Crippen molar-refractivity contribution in [1.29, 1.82) is 0 Å². The van der Waals surface area contributed by atoms with Gasteiger partial charge < -0.3 is 10.2 Å². The molecule has 10 heavy (non-hydrogen) atoms. The molecule has 56 valence electrons. The van der Waals surface area contributed by atoms with Gasteiger partial charge in [-0.3, -0.25) is 0 Å². The summed E-state index contributed by atoms with van der Waals surface area (Å²) in [5.74, 6) is 0.135. The molecule has 0 amide bonds. The zero-order valence-corrected chi connectivity index (χ0v) is 5.05. The van der Waals surface area contributed by atoms with Crippen LogP contribution in [0.1, 0.15) is 18.0 Å². The van der Waals surface area contributed by atoms with Crippen LogP contribution in [-0.2, 0) is 6.54 Å². The second-order valence-corrected chi connectivity index (χ2v) is 1.67. The Morgan fingerprint density at radius 2 is 2.40 bits per heavy atom. The van der Waals surface area contributed by atoms with Crippen molar-refractivity contribution >= 4 is 0 Å². The van der Waals surface area contributed by atoms with E-state index in [9.17, 15) is 8.78 Å². The van der Waals surface area contributed by atoms with Gasteiger partial charge in [0.05, 0.1) is 6.54 Å². The van der Waals surface area contributed by atoms with Gasteiger partial charge in [0.1, 0.15) is 12.0 Å². The van der Waals surface area contributed by atoms with Gasteiger partial charge in [0.25, 0.3) is 6.43 Å². The maximum atomic E-state index is 11.8. The van der Waals surface area contributed by atoms with Crippen molar-refractivity contribution in [3.63, 3.8) is 0 Å². The molecule has 0 bridgehead atoms. The lowest BCUT2D eigenvalue weighted by molar-refractivity contribution is 0.146. The summed E-state index contributed by atoms with van der Waals surface area (Å²) in [7, 11) is 0. The van der Waals surface area contributed by atoms with E-state index in [1.807, 2.05) is 0 Å². The first-order chi connectivity index (χ1) is 4.74. The minimum atomic E-state index is -2.58. The Bertz CT molecular complexity index is 211. The molecule has 0 radical (unpaired) electrons. The molecule has 0 spiro atoms. The van der Waals surface area contributed by atoms with Gasteiger partial charge in [0, 0.05) is 0 Å². The smallest absolute Gasteiger partial charge is 0.283 e. The van der Waals surface area contributed by atoms with Crippen LogP contribution in [0.5, 0.6) is 0 Å². The molecule has 0 saturated carbocycles. The number of rotatable bonds is 2. The quantitative estimate of drug-likeness (QED) is 0.682. The highest BCUT2D eigenvalue weighted by molar-refractivity contribution is 4.97. The van der Waals surface area contributed by atoms with Crippen LogP contribution in [0.2, 0.25) is 0 Å². The second-order valence-electron chi connectivity index (χ2n) is 1.67. The number of halogens is 2. The van der Waals surface area contributed by atoms with Crippen molar-refractivity contribution in [1.82, 2.24) is 4.98 Å². The van der Waals surface area contributed by atoms with Crippen molar-refractivity contribution in [2.75, 3.05) is 0 Å². The highest BCUT2D eigenvalue weighted by Crippen LogP contribution is 2.16. The zero-order chi connectivity index (χ0) is 7.56. The summed E-state index contributed by atoms with van der Waals surface area (Å²) in [4.78, 5) is 3.39. The summed E-state index contributed by atoms with van der Waals surface area (Å²) >= 11 is 0. The summed E-state index contributed by atoms with van der Waals surface area (Å²) in [6, 6.07) is 0. The third kappa shape index (κ3) is 1.30. The first-order valence-corrected chi connectivity index (χ1v) is 2.66. The fourth-order valence-corrected chi connectivity index (χ4v) is 0.519. The van der Waals surface area contributed by atoms with Gasteiger partial charge in [0.2, 0.25) is 5.89 Å². The van der Waals surface area contributed by atoms with E-state index in [1.165, 1.54) is 0 Å². The zero-order valence-electron chi connectivity index (χ0n) is 5.05. The van der Waals surface area contributed by atoms with E-state index in [4.69, 9.17) is 5.73 Å². The lowest BCUT2D eigenvalue weighted by atomic mass is 10.5. The Morgan fingerprint density at radius 1 is 1.70 bits per heavy atom. The predicted molar refractivity (Wildman–Crippen MR) is 29.4 cm³/mol. The molecule has 1 aromatic rings. The molecular weight excluding hydrogens is 142 g/mol. The molecule has 0 aliphatic rings. The SMILES string of the molecule is NCc1nc(C(F)F)co1. The number of alkyl halides is 2. The Labute approximate surface area is 55.8 Å². The first kappa shape index (κ1) is 7.14. The minimum Gasteiger partial charge on any atom is -0.447 e. The Hall–Kier alpha value is -0.970. The van der Waals surface area contributed by atoms with E-state index in [-0.39, 0.29) is 18.1 Å². The van der Waals surface area contributed by atoms with Crippen LogP contribution in [0.4, 0.5) is 8.78 Å². The number of aromatic nitrogens is 1. The van der Waals surface area contributed by atoms with E-state index in [0.29, 0.717) is 0 Å². The van der Waals surface area contributed by atoms with Crippen LogP contribution in [0.15, 0.2) is 10.7 Å². The normalized spacial score (nSPS) is 10.8. The monoisotopic (exact) mass is 148 g/mol. The lowest BCUT2D eigenvalue weighted by Crippen LogP contribution is -1.96. The number of oxazole rings is 1. The minimum absolute atomic E-state index is 0.0483. The molecule has 0 fully saturated rings. The number of nitrogens with zero attached hydrogens (tertiary/aromatic N) is 1. The number of nitrogens with two attached hydrogens (primary N) is 1. The molecule has 0 aromatic carbocycles. The van der Waals surface area contributed by atoms with Gasteiger partial charge in [-0.05, 0) is 0 Å². The number of hydrogen-bond acceptors (Lipinski definition) is 3. The lowest BCUT2D eigenvalue weighted by Gasteiger charge is -1.86. The van der Waals surface area contributed by atoms with E-state index >= 15 is 0 Å². The molecule has 2 N–H and O–H groups in total. The van der Waals surface area contributed by atoms with Crippen LogP contribution < -0.4 is 5.73 Å². The van der Waals surface area contributed by atoms with Gasteiger partial charge in [-0.25, -0.2) is 13.8 Å². The van der Waals surface area contributed by atoms with Crippen molar-refractivity contribution < 1.29 is 13.2 Å². The van der Waals surface area contributed by atoms with E-state index in [0.717, 1.165) is 6.26 Å². The average Bonchev–Trinajstić information content (AvgIpc) is 2.34. The fraction of sp³-hybridized carbons (Fsp3) is 0.400. The maximum absolute atomic E-state index is 11.8. The van der Waals surface area contributed by atoms with Crippen molar-refractivity contribution in [3.8, 4) is 0 Å². The molecule has 0 unspecified atom stereocenters. The summed E-state index contributed by atoms with van der Waals surface area (Å²) in [5.41, 5.74) is 4.70. The summed E-state index contributed by atoms with van der Waals surface area (Å²) < 4.78 is 28.1. The highest BCUT2D eigenvalue weighted by atomic mass is 19.3. The maximum Gasteiger partial charge on any atom is 0.283 e. The first-order valence-electron chi connectivity index (χ1n) is 2.66. The Kier molecular flexibility index (Phi) is 1.96. The molecule has 0 aliphatic heterocycles. The van der Waals surface area contributed by atoms with Crippen LogP contribution in [0, 0.1) is 0 Å². The molecule has 5 heteroatoms. The van der Waals surface area contributed by atoms with Gasteiger partial charge in [-0.15, -0.1) is 0 Å². The predicted octanol–water partition coefficient (Wildman–Crippen LogP) is 1.07. The van der Waals surface area contributed by atoms with E-state index < -0.39 is 6.43 Å². The highest BCUT2D eigenvalue weighted by Gasteiger charge is 2.11. The molecule has 1 rings (SSSR count). The van der Waals surface area contributed by atoms with E-state index in [1.54, 1.807) is 0 Å². The topological polar surface area (TPSA) is 52.0 Å². The molecule has 0 aliphatic carbocycles. The largest absolute Gasteiger partial charge is 0.447 e. The molecule has 1 heterocycles. The third-order valence-corrected chi connectivity index (χ3v) is 0.968. The average molecular weight is 148 g/mol. The van der Waals surface area contributed by atoms with Crippen molar-refractivity contribution in [3.05, 3.63) is 17.8 Å². The van der Waals surface area contributed by atoms with Crippen LogP contribution in [0.3, 0.4) is 0 Å². The van der Waals surface area contributed by atoms with Gasteiger partial charge >= 0.3 is 0 Å². The van der Waals surface area contributed by atoms with Crippen LogP contribution >= 0.6 is 0 Å². The molecule has 0 atom stereocenters. The molecule has 1 aromatic heterocycles. The summed E-state index contributed by atoms with van der Waals surface area (Å²) in [5, 5.41) is 0. The van der Waals surface area contributed by atoms with Gasteiger partial charge in [0.15, 0.2) is 0 Å². The number of hydrogen-bond donors (Lipinski definition) is 1. The van der Waals surface area contributed by atoms with Crippen molar-refractivity contribution in [2.24, 2.45) is 5.73 Å². The summed E-state index contributed by atoms with van der Waals surface area (Å²) in [6.45, 7) is 0.0483. The molecule has 3 nitrogen and oxygen atoms in total. The standard InChI is InChI=1S/C5H6F2N2O/c6-5(7)3-2-10-4(1-8)9-3/h2,5H,1,8H2. The van der Waals surface area contributed by atoms with Crippen LogP contribution in [-0.4, -0.2) is 4.98 Å². The second kappa shape index (κ2) is 2.74. The van der Waals surface area contributed by atoms with Gasteiger partial charge in [-0.2, -0.15) is 0 Å². The summed E-state index contributed by atoms with van der Waals surface area (Å²) in [6.07, 6.45) is -1.67. The third-order valence-electron chi connectivity index (χ3n) is 0.968. The Balaban J connectivity index is 2.78. The van der Waals surface area contributed by atoms with Crippen LogP contribution in [0.25, 0.3) is 0 Å².